The number of methoxy groups -OCH3 is 1. The van der Waals surface area contributed by atoms with E-state index in [1.54, 1.807) is 12.1 Å². The van der Waals surface area contributed by atoms with Crippen LogP contribution in [0, 0.1) is 5.82 Å². The first-order chi connectivity index (χ1) is 9.61. The van der Waals surface area contributed by atoms with Gasteiger partial charge in [0.1, 0.15) is 11.9 Å². The lowest BCUT2D eigenvalue weighted by Crippen LogP contribution is -2.17. The largest absolute Gasteiger partial charge is 0.369 e. The Balaban J connectivity index is 2.20. The molecule has 2 rings (SSSR count). The zero-order chi connectivity index (χ0) is 14.5. The standard InChI is InChI=1S/C16H14ClFO2/c1-20-16(11-5-3-2-4-6-11)15(19)10-12-9-13(17)7-8-14(12)18/h2-9,16H,10H2,1H3. The van der Waals surface area contributed by atoms with E-state index in [1.165, 1.54) is 25.3 Å². The molecule has 0 radical (unpaired) electrons. The maximum Gasteiger partial charge on any atom is 0.170 e. The second-order valence-corrected chi connectivity index (χ2v) is 4.84. The molecule has 0 N–H and O–H groups in total. The van der Waals surface area contributed by atoms with Crippen LogP contribution in [0.1, 0.15) is 17.2 Å². The van der Waals surface area contributed by atoms with Crippen molar-refractivity contribution >= 4 is 17.4 Å². The molecule has 20 heavy (non-hydrogen) atoms. The Hall–Kier alpha value is -1.71. The summed E-state index contributed by atoms with van der Waals surface area (Å²) in [4.78, 5) is 12.3. The van der Waals surface area contributed by atoms with E-state index in [0.717, 1.165) is 5.56 Å². The molecule has 1 unspecified atom stereocenters. The molecule has 0 aliphatic carbocycles. The molecular formula is C16H14ClFO2. The molecule has 0 amide bonds. The number of hydrogen-bond donors (Lipinski definition) is 0. The van der Waals surface area contributed by atoms with Crippen molar-refractivity contribution in [1.82, 2.24) is 0 Å². The van der Waals surface area contributed by atoms with Crippen LogP contribution >= 0.6 is 11.6 Å². The first-order valence-electron chi connectivity index (χ1n) is 6.16. The summed E-state index contributed by atoms with van der Waals surface area (Å²) in [6.45, 7) is 0. The smallest absolute Gasteiger partial charge is 0.170 e. The predicted octanol–water partition coefficient (Wildman–Crippen LogP) is 3.98. The fourth-order valence-corrected chi connectivity index (χ4v) is 2.24. The molecule has 104 valence electrons. The highest BCUT2D eigenvalue weighted by molar-refractivity contribution is 6.30. The summed E-state index contributed by atoms with van der Waals surface area (Å²) in [7, 11) is 1.46. The molecule has 0 bridgehead atoms. The Morgan fingerprint density at radius 3 is 2.60 bits per heavy atom. The van der Waals surface area contributed by atoms with Crippen LogP contribution in [0.2, 0.25) is 5.02 Å². The Morgan fingerprint density at radius 1 is 1.25 bits per heavy atom. The SMILES string of the molecule is COC(C(=O)Cc1cc(Cl)ccc1F)c1ccccc1. The van der Waals surface area contributed by atoms with Gasteiger partial charge in [-0.3, -0.25) is 4.79 Å². The molecule has 0 saturated heterocycles. The molecule has 2 aromatic carbocycles. The highest BCUT2D eigenvalue weighted by Crippen LogP contribution is 2.22. The van der Waals surface area contributed by atoms with Gasteiger partial charge in [0.2, 0.25) is 0 Å². The number of benzene rings is 2. The molecule has 0 aromatic heterocycles. The van der Waals surface area contributed by atoms with E-state index in [-0.39, 0.29) is 17.8 Å². The van der Waals surface area contributed by atoms with Gasteiger partial charge in [-0.25, -0.2) is 4.39 Å². The Morgan fingerprint density at radius 2 is 1.95 bits per heavy atom. The Labute approximate surface area is 122 Å². The molecule has 0 saturated carbocycles. The maximum absolute atomic E-state index is 13.6. The lowest BCUT2D eigenvalue weighted by molar-refractivity contribution is -0.128. The molecule has 0 spiro atoms. The lowest BCUT2D eigenvalue weighted by atomic mass is 9.99. The van der Waals surface area contributed by atoms with E-state index in [4.69, 9.17) is 16.3 Å². The lowest BCUT2D eigenvalue weighted by Gasteiger charge is -2.15. The van der Waals surface area contributed by atoms with Gasteiger partial charge in [0, 0.05) is 18.6 Å². The summed E-state index contributed by atoms with van der Waals surface area (Å²) in [5.74, 6) is -0.648. The zero-order valence-electron chi connectivity index (χ0n) is 11.0. The van der Waals surface area contributed by atoms with Crippen LogP contribution in [0.15, 0.2) is 48.5 Å². The summed E-state index contributed by atoms with van der Waals surface area (Å²) in [6, 6.07) is 13.3. The first-order valence-corrected chi connectivity index (χ1v) is 6.54. The summed E-state index contributed by atoms with van der Waals surface area (Å²) in [5.41, 5.74) is 1.03. The van der Waals surface area contributed by atoms with Gasteiger partial charge in [-0.15, -0.1) is 0 Å². The van der Waals surface area contributed by atoms with Crippen LogP contribution in [0.5, 0.6) is 0 Å². The number of hydrogen-bond acceptors (Lipinski definition) is 2. The summed E-state index contributed by atoms with van der Waals surface area (Å²) < 4.78 is 18.9. The predicted molar refractivity (Wildman–Crippen MR) is 76.3 cm³/mol. The fourth-order valence-electron chi connectivity index (χ4n) is 2.04. The van der Waals surface area contributed by atoms with Crippen LogP contribution in [0.25, 0.3) is 0 Å². The molecule has 2 nitrogen and oxygen atoms in total. The van der Waals surface area contributed by atoms with Crippen molar-refractivity contribution in [2.75, 3.05) is 7.11 Å². The third kappa shape index (κ3) is 3.44. The summed E-state index contributed by atoms with van der Waals surface area (Å²) in [5, 5.41) is 0.405. The van der Waals surface area contributed by atoms with E-state index >= 15 is 0 Å². The van der Waals surface area contributed by atoms with Crippen molar-refractivity contribution in [2.24, 2.45) is 0 Å². The Bertz CT molecular complexity index is 599. The van der Waals surface area contributed by atoms with Crippen molar-refractivity contribution < 1.29 is 13.9 Å². The van der Waals surface area contributed by atoms with Crippen LogP contribution < -0.4 is 0 Å². The second kappa shape index (κ2) is 6.64. The third-order valence-electron chi connectivity index (χ3n) is 3.00. The highest BCUT2D eigenvalue weighted by atomic mass is 35.5. The van der Waals surface area contributed by atoms with E-state index in [0.29, 0.717) is 5.02 Å². The van der Waals surface area contributed by atoms with Crippen molar-refractivity contribution in [3.05, 3.63) is 70.5 Å². The maximum atomic E-state index is 13.6. The number of carbonyl (C=O) groups excluding carboxylic acids is 1. The number of carbonyl (C=O) groups is 1. The van der Waals surface area contributed by atoms with Crippen LogP contribution in [-0.2, 0) is 16.0 Å². The van der Waals surface area contributed by atoms with Gasteiger partial charge in [0.25, 0.3) is 0 Å². The molecule has 0 aliphatic heterocycles. The minimum Gasteiger partial charge on any atom is -0.369 e. The van der Waals surface area contributed by atoms with Gasteiger partial charge in [-0.2, -0.15) is 0 Å². The second-order valence-electron chi connectivity index (χ2n) is 4.41. The van der Waals surface area contributed by atoms with Crippen molar-refractivity contribution in [1.29, 1.82) is 0 Å². The average Bonchev–Trinajstić information content (AvgIpc) is 2.45. The van der Waals surface area contributed by atoms with E-state index in [1.807, 2.05) is 18.2 Å². The summed E-state index contributed by atoms with van der Waals surface area (Å²) >= 11 is 5.82. The topological polar surface area (TPSA) is 26.3 Å². The quantitative estimate of drug-likeness (QED) is 0.833. The molecule has 0 heterocycles. The molecule has 0 aliphatic rings. The minimum absolute atomic E-state index is 0.0558. The van der Waals surface area contributed by atoms with Gasteiger partial charge in [-0.05, 0) is 29.3 Å². The normalized spacial score (nSPS) is 12.2. The van der Waals surface area contributed by atoms with Gasteiger partial charge in [0.05, 0.1) is 0 Å². The molecular weight excluding hydrogens is 279 g/mol. The first kappa shape index (κ1) is 14.7. The zero-order valence-corrected chi connectivity index (χ0v) is 11.7. The van der Waals surface area contributed by atoms with Gasteiger partial charge in [-0.1, -0.05) is 41.9 Å². The average molecular weight is 293 g/mol. The van der Waals surface area contributed by atoms with Crippen molar-refractivity contribution in [3.63, 3.8) is 0 Å². The van der Waals surface area contributed by atoms with Gasteiger partial charge < -0.3 is 4.74 Å². The monoisotopic (exact) mass is 292 g/mol. The number of halogens is 2. The molecule has 2 aromatic rings. The number of ether oxygens (including phenoxy) is 1. The third-order valence-corrected chi connectivity index (χ3v) is 3.24. The van der Waals surface area contributed by atoms with Crippen LogP contribution in [-0.4, -0.2) is 12.9 Å². The van der Waals surface area contributed by atoms with Gasteiger partial charge in [0.15, 0.2) is 5.78 Å². The van der Waals surface area contributed by atoms with E-state index < -0.39 is 11.9 Å². The molecule has 0 fully saturated rings. The van der Waals surface area contributed by atoms with E-state index in [9.17, 15) is 9.18 Å². The van der Waals surface area contributed by atoms with E-state index in [2.05, 4.69) is 0 Å². The van der Waals surface area contributed by atoms with Crippen LogP contribution in [0.3, 0.4) is 0 Å². The van der Waals surface area contributed by atoms with Crippen LogP contribution in [0.4, 0.5) is 4.39 Å². The summed E-state index contributed by atoms with van der Waals surface area (Å²) in [6.07, 6.45) is -0.755. The molecule has 1 atom stereocenters. The fraction of sp³-hybridized carbons (Fsp3) is 0.188. The molecule has 4 heteroatoms. The number of rotatable bonds is 5. The number of Topliss-reactive ketones (excluding diaryl/α,β-unsaturated/α-hetero) is 1. The Kier molecular flexibility index (Phi) is 4.88. The van der Waals surface area contributed by atoms with Gasteiger partial charge >= 0.3 is 0 Å². The minimum atomic E-state index is -0.699. The van der Waals surface area contributed by atoms with Crippen molar-refractivity contribution in [3.8, 4) is 0 Å². The van der Waals surface area contributed by atoms with Crippen molar-refractivity contribution in [2.45, 2.75) is 12.5 Å². The number of ketones is 1. The highest BCUT2D eigenvalue weighted by Gasteiger charge is 2.21.